The number of fused-ring (bicyclic) bond motifs is 1. The third kappa shape index (κ3) is 1.37. The van der Waals surface area contributed by atoms with Crippen LogP contribution < -0.4 is 0 Å². The predicted molar refractivity (Wildman–Crippen MR) is 69.9 cm³/mol. The molecule has 3 rings (SSSR count). The molecule has 0 heterocycles. The summed E-state index contributed by atoms with van der Waals surface area (Å²) < 4.78 is 4.94. The highest BCUT2D eigenvalue weighted by Gasteiger charge is 2.76. The summed E-state index contributed by atoms with van der Waals surface area (Å²) in [6.07, 6.45) is 5.73. The zero-order chi connectivity index (χ0) is 13.6. The number of esters is 1. The smallest absolute Gasteiger partial charge is 0.330 e. The Kier molecular flexibility index (Phi) is 3.09. The van der Waals surface area contributed by atoms with Crippen molar-refractivity contribution in [3.63, 3.8) is 0 Å². The predicted octanol–water partition coefficient (Wildman–Crippen LogP) is 2.54. The molecule has 0 spiro atoms. The summed E-state index contributed by atoms with van der Waals surface area (Å²) in [5, 5.41) is 9.65. The van der Waals surface area contributed by atoms with Gasteiger partial charge < -0.3 is 9.84 Å². The van der Waals surface area contributed by atoms with Crippen LogP contribution in [0.2, 0.25) is 0 Å². The maximum atomic E-state index is 11.5. The Hall–Kier alpha value is -0.830. The van der Waals surface area contributed by atoms with Crippen molar-refractivity contribution in [2.75, 3.05) is 13.2 Å². The Morgan fingerprint density at radius 1 is 1.39 bits per heavy atom. The van der Waals surface area contributed by atoms with Crippen LogP contribution in [0.1, 0.15) is 40.5 Å². The molecule has 3 fully saturated rings. The summed E-state index contributed by atoms with van der Waals surface area (Å²) in [5.41, 5.74) is 0.292. The van der Waals surface area contributed by atoms with Crippen LogP contribution in [0.3, 0.4) is 0 Å². The molecule has 1 unspecified atom stereocenters. The van der Waals surface area contributed by atoms with Gasteiger partial charge in [0.05, 0.1) is 6.61 Å². The molecular weight excluding hydrogens is 228 g/mol. The average Bonchev–Trinajstić information content (AvgIpc) is 2.72. The Labute approximate surface area is 109 Å². The molecule has 0 aromatic rings. The van der Waals surface area contributed by atoms with Crippen LogP contribution in [-0.2, 0) is 9.53 Å². The minimum atomic E-state index is -0.278. The van der Waals surface area contributed by atoms with E-state index in [-0.39, 0.29) is 34.7 Å². The number of hydrogen-bond donors (Lipinski definition) is 1. The lowest BCUT2D eigenvalue weighted by Gasteiger charge is -2.66. The van der Waals surface area contributed by atoms with E-state index in [9.17, 15) is 9.90 Å². The lowest BCUT2D eigenvalue weighted by atomic mass is 9.38. The quantitative estimate of drug-likeness (QED) is 0.618. The van der Waals surface area contributed by atoms with E-state index < -0.39 is 0 Å². The van der Waals surface area contributed by atoms with Gasteiger partial charge in [0.1, 0.15) is 0 Å². The van der Waals surface area contributed by atoms with Gasteiger partial charge >= 0.3 is 5.97 Å². The van der Waals surface area contributed by atoms with Crippen molar-refractivity contribution in [2.45, 2.75) is 40.5 Å². The van der Waals surface area contributed by atoms with E-state index in [1.807, 2.05) is 6.08 Å². The van der Waals surface area contributed by atoms with Gasteiger partial charge in [0.15, 0.2) is 0 Å². The molecule has 0 radical (unpaired) electrons. The lowest BCUT2D eigenvalue weighted by molar-refractivity contribution is -0.183. The van der Waals surface area contributed by atoms with Gasteiger partial charge in [-0.2, -0.15) is 0 Å². The Balaban J connectivity index is 2.23. The van der Waals surface area contributed by atoms with Gasteiger partial charge in [0.2, 0.25) is 0 Å². The summed E-state index contributed by atoms with van der Waals surface area (Å²) in [7, 11) is 0. The molecule has 3 heteroatoms. The minimum absolute atomic E-state index is 0.0384. The number of carbonyl (C=O) groups excluding carboxylic acids is 1. The third-order valence-electron chi connectivity index (χ3n) is 6.03. The van der Waals surface area contributed by atoms with Crippen molar-refractivity contribution in [3.05, 3.63) is 12.2 Å². The first-order chi connectivity index (χ1) is 8.35. The fourth-order valence-corrected chi connectivity index (χ4v) is 4.51. The highest BCUT2D eigenvalue weighted by atomic mass is 16.5. The fourth-order valence-electron chi connectivity index (χ4n) is 4.51. The molecule has 3 saturated carbocycles. The lowest BCUT2D eigenvalue weighted by Crippen LogP contribution is -2.63. The van der Waals surface area contributed by atoms with Crippen LogP contribution in [-0.4, -0.2) is 24.3 Å². The summed E-state index contributed by atoms with van der Waals surface area (Å²) in [6, 6.07) is 0. The van der Waals surface area contributed by atoms with E-state index >= 15 is 0 Å². The molecule has 2 bridgehead atoms. The van der Waals surface area contributed by atoms with Gasteiger partial charge in [-0.05, 0) is 41.9 Å². The zero-order valence-electron chi connectivity index (χ0n) is 11.8. The van der Waals surface area contributed by atoms with Crippen LogP contribution in [0.15, 0.2) is 12.2 Å². The first-order valence-electron chi connectivity index (χ1n) is 6.82. The molecule has 3 nitrogen and oxygen atoms in total. The normalized spacial score (nSPS) is 40.8. The maximum absolute atomic E-state index is 11.5. The van der Waals surface area contributed by atoms with E-state index in [1.165, 1.54) is 0 Å². The SMILES string of the molecule is CCOC(=O)/C=C/C12CC[C@](C)([C@@H]1CO)C2(C)C. The summed E-state index contributed by atoms with van der Waals surface area (Å²) in [5.74, 6) is -0.00876. The van der Waals surface area contributed by atoms with E-state index in [1.54, 1.807) is 13.0 Å². The highest BCUT2D eigenvalue weighted by molar-refractivity contribution is 5.82. The molecule has 1 N–H and O–H groups in total. The first kappa shape index (κ1) is 13.6. The Morgan fingerprint density at radius 2 is 2.06 bits per heavy atom. The molecule has 0 amide bonds. The summed E-state index contributed by atoms with van der Waals surface area (Å²) >= 11 is 0. The zero-order valence-corrected chi connectivity index (χ0v) is 11.8. The second-order valence-corrected chi connectivity index (χ2v) is 6.40. The van der Waals surface area contributed by atoms with E-state index in [0.717, 1.165) is 12.8 Å². The van der Waals surface area contributed by atoms with Gasteiger partial charge in [0.25, 0.3) is 0 Å². The van der Waals surface area contributed by atoms with Crippen LogP contribution in [0.4, 0.5) is 0 Å². The van der Waals surface area contributed by atoms with Crippen LogP contribution in [0.25, 0.3) is 0 Å². The highest BCUT2D eigenvalue weighted by Crippen LogP contribution is 2.81. The first-order valence-corrected chi connectivity index (χ1v) is 6.82. The van der Waals surface area contributed by atoms with Crippen molar-refractivity contribution in [1.29, 1.82) is 0 Å². The number of hydrogen-bond acceptors (Lipinski definition) is 3. The third-order valence-corrected chi connectivity index (χ3v) is 6.03. The largest absolute Gasteiger partial charge is 0.463 e. The fraction of sp³-hybridized carbons (Fsp3) is 0.800. The molecule has 102 valence electrons. The van der Waals surface area contributed by atoms with E-state index in [0.29, 0.717) is 6.61 Å². The van der Waals surface area contributed by atoms with Crippen molar-refractivity contribution < 1.29 is 14.6 Å². The van der Waals surface area contributed by atoms with Gasteiger partial charge in [-0.3, -0.25) is 0 Å². The summed E-state index contributed by atoms with van der Waals surface area (Å²) in [6.45, 7) is 9.18. The second kappa shape index (κ2) is 4.09. The van der Waals surface area contributed by atoms with Gasteiger partial charge in [-0.25, -0.2) is 4.79 Å². The average molecular weight is 252 g/mol. The van der Waals surface area contributed by atoms with Gasteiger partial charge in [0, 0.05) is 12.7 Å². The molecule has 3 aliphatic rings. The van der Waals surface area contributed by atoms with Crippen LogP contribution in [0.5, 0.6) is 0 Å². The molecule has 3 atom stereocenters. The number of aliphatic hydroxyl groups is 1. The number of carbonyl (C=O) groups is 1. The monoisotopic (exact) mass is 252 g/mol. The Morgan fingerprint density at radius 3 is 2.56 bits per heavy atom. The van der Waals surface area contributed by atoms with Gasteiger partial charge in [-0.15, -0.1) is 0 Å². The number of rotatable bonds is 4. The molecular formula is C15H24O3. The standard InChI is InChI=1S/C15H24O3/c1-5-18-12(17)6-7-15-9-8-14(4,11(15)10-16)13(15,2)3/h6-7,11,16H,5,8-10H2,1-4H3/b7-6+/t11-,14+,15?/m0/s1. The van der Waals surface area contributed by atoms with Crippen LogP contribution in [0, 0.1) is 22.2 Å². The van der Waals surface area contributed by atoms with Crippen molar-refractivity contribution in [1.82, 2.24) is 0 Å². The molecule has 0 aromatic heterocycles. The van der Waals surface area contributed by atoms with Crippen molar-refractivity contribution >= 4 is 5.97 Å². The van der Waals surface area contributed by atoms with Gasteiger partial charge in [-0.1, -0.05) is 26.8 Å². The topological polar surface area (TPSA) is 46.5 Å². The molecule has 3 aliphatic carbocycles. The minimum Gasteiger partial charge on any atom is -0.463 e. The Bertz CT molecular complexity index is 385. The second-order valence-electron chi connectivity index (χ2n) is 6.40. The number of ether oxygens (including phenoxy) is 1. The maximum Gasteiger partial charge on any atom is 0.330 e. The summed E-state index contributed by atoms with van der Waals surface area (Å²) in [4.78, 5) is 11.5. The van der Waals surface area contributed by atoms with E-state index in [2.05, 4.69) is 20.8 Å². The molecule has 0 aromatic carbocycles. The van der Waals surface area contributed by atoms with Crippen molar-refractivity contribution in [2.24, 2.45) is 22.2 Å². The number of allylic oxidation sites excluding steroid dienone is 1. The molecule has 0 aliphatic heterocycles. The number of aliphatic hydroxyl groups excluding tert-OH is 1. The van der Waals surface area contributed by atoms with Crippen LogP contribution >= 0.6 is 0 Å². The molecule has 18 heavy (non-hydrogen) atoms. The molecule has 0 saturated heterocycles. The van der Waals surface area contributed by atoms with E-state index in [4.69, 9.17) is 4.74 Å². The van der Waals surface area contributed by atoms with Crippen molar-refractivity contribution in [3.8, 4) is 0 Å².